The fourth-order valence-corrected chi connectivity index (χ4v) is 20.9. The molecule has 0 aliphatic rings. The van der Waals surface area contributed by atoms with Crippen LogP contribution < -0.4 is 0 Å². The smallest absolute Gasteiger partial charge is 0.114 e. The van der Waals surface area contributed by atoms with E-state index in [4.69, 9.17) is 39.9 Å². The van der Waals surface area contributed by atoms with Crippen molar-refractivity contribution in [3.8, 4) is 151 Å². The summed E-state index contributed by atoms with van der Waals surface area (Å²) in [6, 6.07) is 162. The number of para-hydroxylation sites is 6. The number of benzene rings is 17. The third-order valence-electron chi connectivity index (χ3n) is 28.1. The molecular weight excluding hydrogens is 1790 g/mol. The van der Waals surface area contributed by atoms with Gasteiger partial charge in [-0.3, -0.25) is 23.7 Å². The monoisotopic (exact) mass is 1890 g/mol. The van der Waals surface area contributed by atoms with E-state index in [1.807, 2.05) is 54.7 Å². The molecule has 0 saturated carbocycles. The molecular formula is C134H95N13. The van der Waals surface area contributed by atoms with Crippen LogP contribution in [-0.4, -0.2) is 63.5 Å². The number of nitrogens with zero attached hydrogens (tertiary/aromatic N) is 13. The Balaban J connectivity index is 0.000000115. The Bertz CT molecular complexity index is 9160. The Hall–Kier alpha value is -19.2. The number of hydrogen-bond donors (Lipinski definition) is 0. The Kier molecular flexibility index (Phi) is 23.6. The summed E-state index contributed by atoms with van der Waals surface area (Å²) in [6.45, 7) is 6.50. The van der Waals surface area contributed by atoms with E-state index >= 15 is 0 Å². The van der Waals surface area contributed by atoms with Crippen molar-refractivity contribution in [1.29, 1.82) is 0 Å². The maximum atomic E-state index is 5.32. The van der Waals surface area contributed by atoms with Crippen LogP contribution in [-0.2, 0) is 19.3 Å². The number of pyridine rings is 7. The van der Waals surface area contributed by atoms with Crippen LogP contribution in [0.3, 0.4) is 0 Å². The van der Waals surface area contributed by atoms with E-state index < -0.39 is 0 Å². The summed E-state index contributed by atoms with van der Waals surface area (Å²) in [5, 5.41) is 10.1. The van der Waals surface area contributed by atoms with E-state index in [0.717, 1.165) is 253 Å². The molecule has 0 aliphatic heterocycles. The van der Waals surface area contributed by atoms with Crippen LogP contribution >= 0.6 is 0 Å². The van der Waals surface area contributed by atoms with Gasteiger partial charge in [0.1, 0.15) is 17.5 Å². The van der Waals surface area contributed by atoms with Crippen molar-refractivity contribution < 1.29 is 0 Å². The zero-order valence-corrected chi connectivity index (χ0v) is 81.1. The Labute approximate surface area is 850 Å². The highest BCUT2D eigenvalue weighted by molar-refractivity contribution is 6.23. The van der Waals surface area contributed by atoms with E-state index in [2.05, 4.69) is 457 Å². The highest BCUT2D eigenvalue weighted by Gasteiger charge is 2.26. The van der Waals surface area contributed by atoms with Gasteiger partial charge in [-0.15, -0.1) is 0 Å². The van der Waals surface area contributed by atoms with E-state index in [9.17, 15) is 0 Å². The molecule has 696 valence electrons. The number of hydrogen-bond acceptors (Lipinski definition) is 10. The summed E-state index contributed by atoms with van der Waals surface area (Å²) >= 11 is 0. The Morgan fingerprint density at radius 2 is 0.442 bits per heavy atom. The second kappa shape index (κ2) is 39.0. The molecule has 27 rings (SSSR count). The SMILES string of the molecule is CCc1nc2c3c(-c4ccc(-c5cc(-c6ccccc6)cc(-c6ccccc6)c5)cc4)nc4ccccc4c3ccc2n1-c1ccccc1.CCc1nc2c3c(-c4ccc(-c5ccc(-c6cccc(-c7cccnc7)n6)cc5)cc4)nc4ccccc4c3ccc2n1-c1ccccc1.CCc1nc2c3c(-c4ccc(-c5ccc(-c6cccc(-c7ccncc7)n6)cc5)cc4)nc4ccccc4c3ccc2n1-c1ccccc1. The average Bonchev–Trinajstić information content (AvgIpc) is 1.63. The summed E-state index contributed by atoms with van der Waals surface area (Å²) in [4.78, 5) is 49.9. The molecule has 147 heavy (non-hydrogen) atoms. The van der Waals surface area contributed by atoms with Gasteiger partial charge in [0.2, 0.25) is 0 Å². The molecule has 13 heteroatoms. The molecule has 0 spiro atoms. The maximum absolute atomic E-state index is 5.32. The molecule has 0 radical (unpaired) electrons. The summed E-state index contributed by atoms with van der Waals surface area (Å²) in [5.41, 5.74) is 38.2. The second-order valence-corrected chi connectivity index (χ2v) is 36.9. The van der Waals surface area contributed by atoms with E-state index in [1.165, 1.54) is 33.2 Å². The molecule has 0 aliphatic carbocycles. The van der Waals surface area contributed by atoms with Crippen LogP contribution in [0.15, 0.2) is 486 Å². The van der Waals surface area contributed by atoms with Gasteiger partial charge in [0.25, 0.3) is 0 Å². The van der Waals surface area contributed by atoms with Gasteiger partial charge in [-0.05, 0) is 211 Å². The third-order valence-corrected chi connectivity index (χ3v) is 28.1. The quantitative estimate of drug-likeness (QED) is 0.0762. The Morgan fingerprint density at radius 1 is 0.177 bits per heavy atom. The van der Waals surface area contributed by atoms with Crippen LogP contribution in [0.25, 0.3) is 250 Å². The molecule has 0 fully saturated rings. The van der Waals surface area contributed by atoms with Crippen LogP contribution in [0, 0.1) is 0 Å². The maximum Gasteiger partial charge on any atom is 0.114 e. The average molecular weight is 1890 g/mol. The number of aromatic nitrogens is 13. The summed E-state index contributed by atoms with van der Waals surface area (Å²) in [6.07, 6.45) is 9.68. The van der Waals surface area contributed by atoms with Gasteiger partial charge in [-0.25, -0.2) is 39.9 Å². The van der Waals surface area contributed by atoms with Crippen molar-refractivity contribution in [2.75, 3.05) is 0 Å². The zero-order chi connectivity index (χ0) is 98.2. The van der Waals surface area contributed by atoms with E-state index in [0.29, 0.717) is 0 Å². The van der Waals surface area contributed by atoms with Crippen LogP contribution in [0.1, 0.15) is 38.2 Å². The lowest BCUT2D eigenvalue weighted by molar-refractivity contribution is 0.908. The summed E-state index contributed by atoms with van der Waals surface area (Å²) in [7, 11) is 0. The fourth-order valence-electron chi connectivity index (χ4n) is 20.9. The van der Waals surface area contributed by atoms with Gasteiger partial charge in [0.05, 0.1) is 89.5 Å². The lowest BCUT2D eigenvalue weighted by atomic mass is 9.92. The molecule has 0 amide bonds. The van der Waals surface area contributed by atoms with Crippen LogP contribution in [0.5, 0.6) is 0 Å². The van der Waals surface area contributed by atoms with Crippen molar-refractivity contribution in [3.05, 3.63) is 503 Å². The third kappa shape index (κ3) is 17.0. The van der Waals surface area contributed by atoms with Crippen molar-refractivity contribution in [2.45, 2.75) is 40.0 Å². The zero-order valence-electron chi connectivity index (χ0n) is 81.1. The van der Waals surface area contributed by atoms with Crippen molar-refractivity contribution >= 4 is 98.1 Å². The molecule has 0 saturated heterocycles. The predicted octanol–water partition coefficient (Wildman–Crippen LogP) is 33.5. The minimum absolute atomic E-state index is 0.820. The minimum atomic E-state index is 0.820. The lowest BCUT2D eigenvalue weighted by Gasteiger charge is -2.13. The van der Waals surface area contributed by atoms with Gasteiger partial charge in [0, 0.05) is 132 Å². The molecule has 10 heterocycles. The van der Waals surface area contributed by atoms with Crippen LogP contribution in [0.4, 0.5) is 0 Å². The normalized spacial score (nSPS) is 11.4. The molecule has 27 aromatic rings. The highest BCUT2D eigenvalue weighted by atomic mass is 15.1. The summed E-state index contributed by atoms with van der Waals surface area (Å²) in [5.74, 6) is 3.10. The molecule has 0 unspecified atom stereocenters. The second-order valence-electron chi connectivity index (χ2n) is 36.9. The van der Waals surface area contributed by atoms with Gasteiger partial charge in [-0.2, -0.15) is 0 Å². The highest BCUT2D eigenvalue weighted by Crippen LogP contribution is 2.46. The molecule has 0 atom stereocenters. The van der Waals surface area contributed by atoms with Crippen molar-refractivity contribution in [1.82, 2.24) is 63.5 Å². The number of aryl methyl sites for hydroxylation is 3. The van der Waals surface area contributed by atoms with E-state index in [-0.39, 0.29) is 0 Å². The summed E-state index contributed by atoms with van der Waals surface area (Å²) < 4.78 is 6.86. The predicted molar refractivity (Wildman–Crippen MR) is 606 cm³/mol. The Morgan fingerprint density at radius 3 is 0.755 bits per heavy atom. The number of imidazole rings is 3. The van der Waals surface area contributed by atoms with Gasteiger partial charge >= 0.3 is 0 Å². The molecule has 10 aromatic heterocycles. The van der Waals surface area contributed by atoms with E-state index in [1.54, 1.807) is 18.6 Å². The van der Waals surface area contributed by atoms with Gasteiger partial charge < -0.3 is 0 Å². The lowest BCUT2D eigenvalue weighted by Crippen LogP contribution is -1.99. The first kappa shape index (κ1) is 89.1. The number of rotatable bonds is 18. The first-order valence-corrected chi connectivity index (χ1v) is 50.1. The first-order chi connectivity index (χ1) is 72.7. The fraction of sp³-hybridized carbons (Fsp3) is 0.0448. The van der Waals surface area contributed by atoms with Crippen molar-refractivity contribution in [2.24, 2.45) is 0 Å². The van der Waals surface area contributed by atoms with Crippen LogP contribution in [0.2, 0.25) is 0 Å². The molecule has 13 nitrogen and oxygen atoms in total. The molecule has 0 N–H and O–H groups in total. The van der Waals surface area contributed by atoms with Gasteiger partial charge in [0.15, 0.2) is 0 Å². The molecule has 0 bridgehead atoms. The topological polar surface area (TPSA) is 144 Å². The van der Waals surface area contributed by atoms with Gasteiger partial charge in [-0.1, -0.05) is 342 Å². The minimum Gasteiger partial charge on any atom is -0.296 e. The number of fused-ring (bicyclic) bond motifs is 15. The largest absolute Gasteiger partial charge is 0.296 e. The standard InChI is InChI=1S/C46H33N3.2C44H31N5/c1-2-43-48-46-42(49(43)38-18-10-5-11-19-38)27-26-40-39-20-12-13-21-41(39)47-45(44(40)46)34-24-22-33(23-25-34)37-29-35(31-14-6-3-7-15-31)28-36(30-37)32-16-8-4-9-17-32;1-2-41-48-44-40(49(41)34-11-4-3-5-12-34)26-25-36-35-13-6-7-14-39(35)47-43(42(36)44)32-23-19-30(20-24-32)29-17-21-31(22-18-29)37-15-8-16-38(46-37)33-10-9-27-45-28-33;1-2-41-48-44-40(49(41)34-9-4-3-5-10-34)24-23-36-35-11-6-7-12-39(35)47-43(42(36)44)33-21-17-30(18-22-33)29-15-19-31(20-16-29)37-13-8-14-38(46-37)32-25-27-45-28-26-32/h3-30H,2H2,1H3;2*3-28H,2H2,1H3. The van der Waals surface area contributed by atoms with Crippen molar-refractivity contribution in [3.63, 3.8) is 0 Å². The first-order valence-electron chi connectivity index (χ1n) is 50.1. The molecule has 17 aromatic carbocycles.